The summed E-state index contributed by atoms with van der Waals surface area (Å²) in [6.07, 6.45) is 1.72. The molecule has 7 nitrogen and oxygen atoms in total. The van der Waals surface area contributed by atoms with Gasteiger partial charge in [-0.3, -0.25) is 9.36 Å². The van der Waals surface area contributed by atoms with Crippen molar-refractivity contribution in [2.45, 2.75) is 5.16 Å². The van der Waals surface area contributed by atoms with Crippen molar-refractivity contribution in [2.75, 3.05) is 12.9 Å². The second kappa shape index (κ2) is 11.4. The maximum Gasteiger partial charge on any atom is 0.250 e. The molecule has 1 amide bonds. The number of nitrogens with zero attached hydrogens (tertiary/aromatic N) is 4. The number of amides is 1. The van der Waals surface area contributed by atoms with E-state index in [1.165, 1.54) is 11.8 Å². The third-order valence-corrected chi connectivity index (χ3v) is 7.45. The average Bonchev–Trinajstić information content (AvgIpc) is 3.44. The van der Waals surface area contributed by atoms with Crippen molar-refractivity contribution in [2.24, 2.45) is 5.10 Å². The fourth-order valence-corrected chi connectivity index (χ4v) is 5.36. The molecule has 0 fully saturated rings. The van der Waals surface area contributed by atoms with E-state index >= 15 is 0 Å². The van der Waals surface area contributed by atoms with Gasteiger partial charge >= 0.3 is 0 Å². The summed E-state index contributed by atoms with van der Waals surface area (Å²) in [6, 6.07) is 36.0. The molecule has 5 aromatic carbocycles. The van der Waals surface area contributed by atoms with Crippen molar-refractivity contribution in [3.8, 4) is 22.8 Å². The molecular formula is C32H25N5O2S. The smallest absolute Gasteiger partial charge is 0.250 e. The zero-order chi connectivity index (χ0) is 27.3. The Morgan fingerprint density at radius 3 is 2.20 bits per heavy atom. The normalized spacial score (nSPS) is 11.3. The Labute approximate surface area is 235 Å². The molecule has 1 N–H and O–H groups in total. The number of ether oxygens (including phenoxy) is 1. The minimum absolute atomic E-state index is 0.126. The van der Waals surface area contributed by atoms with E-state index in [-0.39, 0.29) is 11.7 Å². The summed E-state index contributed by atoms with van der Waals surface area (Å²) >= 11 is 1.30. The fraction of sp³-hybridized carbons (Fsp3) is 0.0625. The van der Waals surface area contributed by atoms with Gasteiger partial charge in [-0.05, 0) is 64.0 Å². The average molecular weight is 544 g/mol. The highest BCUT2D eigenvalue weighted by Gasteiger charge is 2.17. The lowest BCUT2D eigenvalue weighted by Gasteiger charge is -2.10. The van der Waals surface area contributed by atoms with Gasteiger partial charge in [-0.2, -0.15) is 5.10 Å². The van der Waals surface area contributed by atoms with Gasteiger partial charge in [0.1, 0.15) is 5.75 Å². The number of fused-ring (bicyclic) bond motifs is 2. The Balaban J connectivity index is 1.22. The summed E-state index contributed by atoms with van der Waals surface area (Å²) in [5, 5.41) is 18.2. The number of hydrogen-bond donors (Lipinski definition) is 1. The maximum absolute atomic E-state index is 12.8. The van der Waals surface area contributed by atoms with E-state index < -0.39 is 0 Å². The van der Waals surface area contributed by atoms with Crippen molar-refractivity contribution in [3.05, 3.63) is 115 Å². The van der Waals surface area contributed by atoms with Gasteiger partial charge in [0.25, 0.3) is 5.91 Å². The van der Waals surface area contributed by atoms with Gasteiger partial charge in [-0.25, -0.2) is 5.43 Å². The van der Waals surface area contributed by atoms with Crippen LogP contribution in [0.4, 0.5) is 0 Å². The molecule has 1 aromatic heterocycles. The van der Waals surface area contributed by atoms with Crippen LogP contribution >= 0.6 is 11.8 Å². The van der Waals surface area contributed by atoms with E-state index in [4.69, 9.17) is 4.74 Å². The van der Waals surface area contributed by atoms with Crippen LogP contribution in [-0.2, 0) is 4.79 Å². The molecule has 6 rings (SSSR count). The molecule has 0 bridgehead atoms. The quantitative estimate of drug-likeness (QED) is 0.103. The Bertz CT molecular complexity index is 1780. The Hall–Kier alpha value is -4.95. The molecule has 0 aliphatic heterocycles. The SMILES string of the molecule is COc1ccc(-c2nnc(SCC(=O)N/N=C\c3c4ccccc4cc4ccccc34)n2-c2ccccc2)cc1. The van der Waals surface area contributed by atoms with E-state index in [1.807, 2.05) is 83.4 Å². The molecule has 0 aliphatic rings. The molecule has 8 heteroatoms. The number of para-hydroxylation sites is 1. The fourth-order valence-electron chi connectivity index (χ4n) is 4.62. The van der Waals surface area contributed by atoms with Crippen molar-refractivity contribution >= 4 is 45.4 Å². The van der Waals surface area contributed by atoms with Gasteiger partial charge in [0.05, 0.1) is 19.1 Å². The van der Waals surface area contributed by atoms with Crippen LogP contribution in [-0.4, -0.2) is 39.7 Å². The number of rotatable bonds is 8. The minimum Gasteiger partial charge on any atom is -0.497 e. The molecule has 40 heavy (non-hydrogen) atoms. The topological polar surface area (TPSA) is 81.4 Å². The number of carbonyl (C=O) groups is 1. The van der Waals surface area contributed by atoms with Gasteiger partial charge in [-0.1, -0.05) is 78.5 Å². The number of thioether (sulfide) groups is 1. The lowest BCUT2D eigenvalue weighted by molar-refractivity contribution is -0.118. The predicted molar refractivity (Wildman–Crippen MR) is 161 cm³/mol. The van der Waals surface area contributed by atoms with E-state index in [9.17, 15) is 4.79 Å². The molecule has 0 saturated carbocycles. The third-order valence-electron chi connectivity index (χ3n) is 6.52. The van der Waals surface area contributed by atoms with Crippen LogP contribution in [0.5, 0.6) is 5.75 Å². The number of aromatic nitrogens is 3. The maximum atomic E-state index is 12.8. The highest BCUT2D eigenvalue weighted by molar-refractivity contribution is 7.99. The zero-order valence-electron chi connectivity index (χ0n) is 21.7. The number of methoxy groups -OCH3 is 1. The van der Waals surface area contributed by atoms with Crippen LogP contribution in [0.3, 0.4) is 0 Å². The van der Waals surface area contributed by atoms with Crippen molar-refractivity contribution < 1.29 is 9.53 Å². The molecular weight excluding hydrogens is 518 g/mol. The highest BCUT2D eigenvalue weighted by Crippen LogP contribution is 2.29. The number of hydrazone groups is 1. The van der Waals surface area contributed by atoms with Gasteiger partial charge < -0.3 is 4.74 Å². The molecule has 0 radical (unpaired) electrons. The summed E-state index contributed by atoms with van der Waals surface area (Å²) < 4.78 is 7.24. The first kappa shape index (κ1) is 25.3. The number of hydrogen-bond acceptors (Lipinski definition) is 6. The summed E-state index contributed by atoms with van der Waals surface area (Å²) in [7, 11) is 1.63. The highest BCUT2D eigenvalue weighted by atomic mass is 32.2. The van der Waals surface area contributed by atoms with Crippen molar-refractivity contribution in [1.82, 2.24) is 20.2 Å². The molecule has 0 saturated heterocycles. The molecule has 0 spiro atoms. The second-order valence-corrected chi connectivity index (χ2v) is 9.96. The third kappa shape index (κ3) is 5.17. The minimum atomic E-state index is -0.237. The van der Waals surface area contributed by atoms with Crippen molar-refractivity contribution in [3.63, 3.8) is 0 Å². The Morgan fingerprint density at radius 2 is 1.52 bits per heavy atom. The van der Waals surface area contributed by atoms with E-state index in [0.717, 1.165) is 44.1 Å². The Kier molecular flexibility index (Phi) is 7.24. The Morgan fingerprint density at radius 1 is 0.875 bits per heavy atom. The van der Waals surface area contributed by atoms with E-state index in [1.54, 1.807) is 13.3 Å². The van der Waals surface area contributed by atoms with E-state index in [0.29, 0.717) is 11.0 Å². The molecule has 0 atom stereocenters. The molecule has 1 heterocycles. The predicted octanol–water partition coefficient (Wildman–Crippen LogP) is 6.49. The van der Waals surface area contributed by atoms with Crippen LogP contribution in [0.2, 0.25) is 0 Å². The summed E-state index contributed by atoms with van der Waals surface area (Å²) in [5.41, 5.74) is 5.44. The molecule has 0 unspecified atom stereocenters. The van der Waals surface area contributed by atoms with Crippen LogP contribution in [0.25, 0.3) is 38.6 Å². The van der Waals surface area contributed by atoms with Gasteiger partial charge in [-0.15, -0.1) is 10.2 Å². The monoisotopic (exact) mass is 543 g/mol. The molecule has 6 aromatic rings. The van der Waals surface area contributed by atoms with Gasteiger partial charge in [0.15, 0.2) is 11.0 Å². The zero-order valence-corrected chi connectivity index (χ0v) is 22.5. The standard InChI is InChI=1S/C32H25N5O2S/c1-39-26-17-15-22(16-18-26)31-35-36-32(37(31)25-11-3-2-4-12-25)40-21-30(38)34-33-20-29-27-13-7-5-9-23(27)19-24-10-6-8-14-28(24)29/h2-20H,21H2,1H3,(H,34,38)/b33-20-. The number of nitrogens with one attached hydrogen (secondary N) is 1. The lowest BCUT2D eigenvalue weighted by atomic mass is 9.97. The number of benzene rings is 5. The lowest BCUT2D eigenvalue weighted by Crippen LogP contribution is -2.20. The summed E-state index contributed by atoms with van der Waals surface area (Å²) in [6.45, 7) is 0. The first-order chi connectivity index (χ1) is 19.7. The van der Waals surface area contributed by atoms with Crippen LogP contribution in [0.15, 0.2) is 119 Å². The van der Waals surface area contributed by atoms with Crippen LogP contribution < -0.4 is 10.2 Å². The number of carbonyl (C=O) groups excluding carboxylic acids is 1. The first-order valence-electron chi connectivity index (χ1n) is 12.7. The van der Waals surface area contributed by atoms with Crippen molar-refractivity contribution in [1.29, 1.82) is 0 Å². The molecule has 196 valence electrons. The first-order valence-corrected chi connectivity index (χ1v) is 13.7. The summed E-state index contributed by atoms with van der Waals surface area (Å²) in [5.74, 6) is 1.33. The second-order valence-electron chi connectivity index (χ2n) is 9.02. The largest absolute Gasteiger partial charge is 0.497 e. The van der Waals surface area contributed by atoms with Gasteiger partial charge in [0.2, 0.25) is 0 Å². The van der Waals surface area contributed by atoms with Gasteiger partial charge in [0, 0.05) is 16.8 Å². The van der Waals surface area contributed by atoms with E-state index in [2.05, 4.69) is 51.1 Å². The van der Waals surface area contributed by atoms with Crippen LogP contribution in [0, 0.1) is 0 Å². The van der Waals surface area contributed by atoms with Crippen LogP contribution in [0.1, 0.15) is 5.56 Å². The summed E-state index contributed by atoms with van der Waals surface area (Å²) in [4.78, 5) is 12.8. The molecule has 0 aliphatic carbocycles.